The Labute approximate surface area is 166 Å². The highest BCUT2D eigenvalue weighted by Gasteiger charge is 2.10. The number of ether oxygens (including phenoxy) is 1. The molecule has 0 aliphatic heterocycles. The number of benzene rings is 1. The van der Waals surface area contributed by atoms with E-state index in [2.05, 4.69) is 10.4 Å². The summed E-state index contributed by atoms with van der Waals surface area (Å²) in [6.07, 6.45) is 6.21. The van der Waals surface area contributed by atoms with Crippen molar-refractivity contribution in [2.45, 2.75) is 13.5 Å². The Hall–Kier alpha value is -3.81. The molecule has 1 amide bonds. The number of furan rings is 1. The SMILES string of the molecule is CCOc1ccc(-c2cc3c(=O)n(CCNC(=O)c4ccoc4)ccn3n2)cc1. The highest BCUT2D eigenvalue weighted by atomic mass is 16.5. The van der Waals surface area contributed by atoms with Gasteiger partial charge in [0.15, 0.2) is 0 Å². The summed E-state index contributed by atoms with van der Waals surface area (Å²) in [7, 11) is 0. The Morgan fingerprint density at radius 3 is 2.76 bits per heavy atom. The Bertz CT molecular complexity index is 1170. The van der Waals surface area contributed by atoms with Crippen LogP contribution in [0.5, 0.6) is 5.75 Å². The molecule has 0 unspecified atom stereocenters. The van der Waals surface area contributed by atoms with Gasteiger partial charge in [-0.25, -0.2) is 4.52 Å². The smallest absolute Gasteiger partial charge is 0.276 e. The van der Waals surface area contributed by atoms with E-state index in [1.165, 1.54) is 12.5 Å². The fourth-order valence-electron chi connectivity index (χ4n) is 3.02. The van der Waals surface area contributed by atoms with Gasteiger partial charge in [0, 0.05) is 31.0 Å². The van der Waals surface area contributed by atoms with Gasteiger partial charge >= 0.3 is 0 Å². The van der Waals surface area contributed by atoms with Crippen LogP contribution in [0.3, 0.4) is 0 Å². The summed E-state index contributed by atoms with van der Waals surface area (Å²) in [5, 5.41) is 7.25. The first-order valence-corrected chi connectivity index (χ1v) is 9.28. The summed E-state index contributed by atoms with van der Waals surface area (Å²) in [4.78, 5) is 24.7. The van der Waals surface area contributed by atoms with Crippen molar-refractivity contribution in [2.24, 2.45) is 0 Å². The summed E-state index contributed by atoms with van der Waals surface area (Å²) in [6, 6.07) is 10.9. The van der Waals surface area contributed by atoms with Gasteiger partial charge < -0.3 is 19.0 Å². The van der Waals surface area contributed by atoms with Gasteiger partial charge in [0.1, 0.15) is 17.5 Å². The third kappa shape index (κ3) is 3.91. The second kappa shape index (κ2) is 8.05. The number of carbonyl (C=O) groups is 1. The monoisotopic (exact) mass is 392 g/mol. The van der Waals surface area contributed by atoms with Gasteiger partial charge in [-0.1, -0.05) is 0 Å². The molecule has 0 aliphatic carbocycles. The maximum Gasteiger partial charge on any atom is 0.276 e. The Morgan fingerprint density at radius 2 is 2.03 bits per heavy atom. The van der Waals surface area contributed by atoms with Crippen LogP contribution < -0.4 is 15.6 Å². The van der Waals surface area contributed by atoms with Crippen molar-refractivity contribution in [2.75, 3.05) is 13.2 Å². The normalized spacial score (nSPS) is 10.9. The van der Waals surface area contributed by atoms with E-state index in [0.29, 0.717) is 36.5 Å². The average Bonchev–Trinajstić information content (AvgIpc) is 3.41. The maximum absolute atomic E-state index is 12.8. The molecular weight excluding hydrogens is 372 g/mol. The summed E-state index contributed by atoms with van der Waals surface area (Å²) >= 11 is 0. The molecule has 0 saturated heterocycles. The van der Waals surface area contributed by atoms with Crippen LogP contribution in [0.25, 0.3) is 16.8 Å². The highest BCUT2D eigenvalue weighted by molar-refractivity contribution is 5.93. The molecule has 4 aromatic rings. The van der Waals surface area contributed by atoms with Crippen LogP contribution in [0.15, 0.2) is 70.5 Å². The van der Waals surface area contributed by atoms with Gasteiger partial charge in [-0.15, -0.1) is 0 Å². The average molecular weight is 392 g/mol. The van der Waals surface area contributed by atoms with E-state index in [1.807, 2.05) is 31.2 Å². The molecule has 1 aromatic carbocycles. The zero-order valence-corrected chi connectivity index (χ0v) is 15.9. The van der Waals surface area contributed by atoms with Gasteiger partial charge in [0.25, 0.3) is 11.5 Å². The van der Waals surface area contributed by atoms with E-state index in [-0.39, 0.29) is 11.5 Å². The molecule has 0 fully saturated rings. The van der Waals surface area contributed by atoms with E-state index < -0.39 is 0 Å². The number of rotatable bonds is 7. The topological polar surface area (TPSA) is 90.8 Å². The fourth-order valence-corrected chi connectivity index (χ4v) is 3.02. The lowest BCUT2D eigenvalue weighted by Crippen LogP contribution is -2.30. The quantitative estimate of drug-likeness (QED) is 0.522. The van der Waals surface area contributed by atoms with Gasteiger partial charge in [-0.2, -0.15) is 5.10 Å². The standard InChI is InChI=1S/C21H20N4O4/c1-2-29-17-5-3-15(4-6-17)18-13-19-21(27)24(10-11-25(19)23-18)9-8-22-20(26)16-7-12-28-14-16/h3-7,10-14H,2,8-9H2,1H3,(H,22,26). The van der Waals surface area contributed by atoms with Gasteiger partial charge in [0.2, 0.25) is 0 Å². The van der Waals surface area contributed by atoms with Crippen molar-refractivity contribution >= 4 is 11.4 Å². The second-order valence-corrected chi connectivity index (χ2v) is 6.38. The molecule has 1 N–H and O–H groups in total. The van der Waals surface area contributed by atoms with Crippen molar-refractivity contribution in [3.8, 4) is 17.0 Å². The predicted molar refractivity (Wildman–Crippen MR) is 107 cm³/mol. The minimum Gasteiger partial charge on any atom is -0.494 e. The summed E-state index contributed by atoms with van der Waals surface area (Å²) in [5.41, 5.74) is 2.35. The summed E-state index contributed by atoms with van der Waals surface area (Å²) < 4.78 is 13.5. The summed E-state index contributed by atoms with van der Waals surface area (Å²) in [5.74, 6) is 0.551. The molecule has 0 saturated carbocycles. The first-order valence-electron chi connectivity index (χ1n) is 9.28. The van der Waals surface area contributed by atoms with Crippen LogP contribution >= 0.6 is 0 Å². The minimum atomic E-state index is -0.241. The molecule has 8 nitrogen and oxygen atoms in total. The summed E-state index contributed by atoms with van der Waals surface area (Å²) in [6.45, 7) is 3.21. The number of fused-ring (bicyclic) bond motifs is 1. The van der Waals surface area contributed by atoms with Crippen molar-refractivity contribution in [1.29, 1.82) is 0 Å². The van der Waals surface area contributed by atoms with Crippen LogP contribution in [0.1, 0.15) is 17.3 Å². The number of amides is 1. The zero-order valence-electron chi connectivity index (χ0n) is 15.9. The molecule has 0 bridgehead atoms. The lowest BCUT2D eigenvalue weighted by molar-refractivity contribution is 0.0951. The molecule has 0 atom stereocenters. The molecule has 29 heavy (non-hydrogen) atoms. The number of nitrogens with zero attached hydrogens (tertiary/aromatic N) is 3. The van der Waals surface area contributed by atoms with E-state index in [0.717, 1.165) is 11.3 Å². The molecule has 148 valence electrons. The third-order valence-electron chi connectivity index (χ3n) is 4.49. The predicted octanol–water partition coefficient (Wildman–Crippen LogP) is 2.58. The molecule has 0 aliphatic rings. The number of hydrogen-bond acceptors (Lipinski definition) is 5. The van der Waals surface area contributed by atoms with Crippen molar-refractivity contribution < 1.29 is 13.9 Å². The number of aromatic nitrogens is 3. The molecule has 0 radical (unpaired) electrons. The molecule has 8 heteroatoms. The van der Waals surface area contributed by atoms with Crippen LogP contribution in [-0.4, -0.2) is 33.2 Å². The lowest BCUT2D eigenvalue weighted by Gasteiger charge is -2.07. The lowest BCUT2D eigenvalue weighted by atomic mass is 10.1. The Kier molecular flexibility index (Phi) is 5.15. The maximum atomic E-state index is 12.8. The molecule has 4 rings (SSSR count). The highest BCUT2D eigenvalue weighted by Crippen LogP contribution is 2.21. The third-order valence-corrected chi connectivity index (χ3v) is 4.49. The van der Waals surface area contributed by atoms with Crippen molar-refractivity contribution in [1.82, 2.24) is 19.5 Å². The molecular formula is C21H20N4O4. The second-order valence-electron chi connectivity index (χ2n) is 6.38. The Balaban J connectivity index is 1.50. The first-order chi connectivity index (χ1) is 14.2. The van der Waals surface area contributed by atoms with E-state index in [4.69, 9.17) is 9.15 Å². The molecule has 3 aromatic heterocycles. The van der Waals surface area contributed by atoms with Crippen LogP contribution in [-0.2, 0) is 6.54 Å². The largest absolute Gasteiger partial charge is 0.494 e. The van der Waals surface area contributed by atoms with Crippen molar-refractivity contribution in [3.63, 3.8) is 0 Å². The first kappa shape index (κ1) is 18.5. The minimum absolute atomic E-state index is 0.172. The van der Waals surface area contributed by atoms with Gasteiger partial charge in [-0.05, 0) is 43.3 Å². The fraction of sp³-hybridized carbons (Fsp3) is 0.190. The number of nitrogens with one attached hydrogen (secondary N) is 1. The number of carbonyl (C=O) groups excluding carboxylic acids is 1. The van der Waals surface area contributed by atoms with Crippen LogP contribution in [0.4, 0.5) is 0 Å². The molecule has 3 heterocycles. The number of hydrogen-bond donors (Lipinski definition) is 1. The van der Waals surface area contributed by atoms with Gasteiger partial charge in [-0.3, -0.25) is 9.59 Å². The van der Waals surface area contributed by atoms with Crippen molar-refractivity contribution in [3.05, 3.63) is 77.2 Å². The Morgan fingerprint density at radius 1 is 1.21 bits per heavy atom. The van der Waals surface area contributed by atoms with E-state index in [1.54, 1.807) is 33.6 Å². The van der Waals surface area contributed by atoms with Crippen LogP contribution in [0, 0.1) is 0 Å². The van der Waals surface area contributed by atoms with Crippen LogP contribution in [0.2, 0.25) is 0 Å². The van der Waals surface area contributed by atoms with E-state index >= 15 is 0 Å². The van der Waals surface area contributed by atoms with Gasteiger partial charge in [0.05, 0.1) is 24.1 Å². The zero-order chi connectivity index (χ0) is 20.2. The molecule has 0 spiro atoms. The van der Waals surface area contributed by atoms with E-state index in [9.17, 15) is 9.59 Å².